The summed E-state index contributed by atoms with van der Waals surface area (Å²) in [6, 6.07) is 8.90. The van der Waals surface area contributed by atoms with Crippen LogP contribution in [0.5, 0.6) is 0 Å². The molecule has 3 N–H and O–H groups in total. The highest BCUT2D eigenvalue weighted by Crippen LogP contribution is 2.40. The number of nitrogens with two attached hydrogens (primary N) is 1. The van der Waals surface area contributed by atoms with Crippen molar-refractivity contribution in [3.8, 4) is 0 Å². The number of nitrogens with zero attached hydrogens (tertiary/aromatic N) is 1. The Kier molecular flexibility index (Phi) is 5.86. The molecule has 2 unspecified atom stereocenters. The Morgan fingerprint density at radius 1 is 1.45 bits per heavy atom. The summed E-state index contributed by atoms with van der Waals surface area (Å²) >= 11 is 3.45. The van der Waals surface area contributed by atoms with Gasteiger partial charge < -0.3 is 15.8 Å². The molecular formula is C15H22BrN3O. The van der Waals surface area contributed by atoms with Gasteiger partial charge in [-0.15, -0.1) is 0 Å². The lowest BCUT2D eigenvalue weighted by atomic mass is 10.1. The zero-order valence-corrected chi connectivity index (χ0v) is 13.4. The summed E-state index contributed by atoms with van der Waals surface area (Å²) in [5, 5.41) is 3.28. The summed E-state index contributed by atoms with van der Waals surface area (Å²) in [5.74, 6) is 1.10. The Morgan fingerprint density at radius 3 is 2.90 bits per heavy atom. The molecule has 1 aliphatic carbocycles. The molecule has 0 aromatic heterocycles. The molecule has 0 spiro atoms. The fourth-order valence-corrected chi connectivity index (χ4v) is 2.44. The van der Waals surface area contributed by atoms with Crippen LogP contribution in [0, 0.1) is 0 Å². The SMILES string of the molecule is CCOCCCN=C(N)NC1CC1c1ccc(Br)cc1. The Bertz CT molecular complexity index is 447. The first kappa shape index (κ1) is 15.3. The fourth-order valence-electron chi connectivity index (χ4n) is 2.18. The van der Waals surface area contributed by atoms with Gasteiger partial charge in [-0.1, -0.05) is 28.1 Å². The molecule has 0 bridgehead atoms. The maximum absolute atomic E-state index is 5.88. The predicted molar refractivity (Wildman–Crippen MR) is 86.0 cm³/mol. The van der Waals surface area contributed by atoms with Crippen molar-refractivity contribution in [3.63, 3.8) is 0 Å². The second kappa shape index (κ2) is 7.64. The van der Waals surface area contributed by atoms with E-state index in [1.165, 1.54) is 5.56 Å². The first-order chi connectivity index (χ1) is 9.70. The Labute approximate surface area is 128 Å². The normalized spacial score (nSPS) is 21.8. The van der Waals surface area contributed by atoms with Gasteiger partial charge >= 0.3 is 0 Å². The van der Waals surface area contributed by atoms with E-state index in [1.807, 2.05) is 6.92 Å². The molecule has 20 heavy (non-hydrogen) atoms. The van der Waals surface area contributed by atoms with Crippen molar-refractivity contribution in [2.75, 3.05) is 19.8 Å². The first-order valence-electron chi connectivity index (χ1n) is 7.10. The van der Waals surface area contributed by atoms with Gasteiger partial charge in [0.1, 0.15) is 0 Å². The van der Waals surface area contributed by atoms with E-state index < -0.39 is 0 Å². The van der Waals surface area contributed by atoms with Crippen molar-refractivity contribution in [2.45, 2.75) is 31.7 Å². The number of hydrogen-bond donors (Lipinski definition) is 2. The number of rotatable bonds is 7. The van der Waals surface area contributed by atoms with Gasteiger partial charge in [0.15, 0.2) is 5.96 Å². The zero-order valence-electron chi connectivity index (χ0n) is 11.8. The smallest absolute Gasteiger partial charge is 0.188 e. The van der Waals surface area contributed by atoms with Gasteiger partial charge in [0.2, 0.25) is 0 Å². The van der Waals surface area contributed by atoms with E-state index in [4.69, 9.17) is 10.5 Å². The molecule has 0 heterocycles. The van der Waals surface area contributed by atoms with Crippen LogP contribution in [0.2, 0.25) is 0 Å². The van der Waals surface area contributed by atoms with Crippen LogP contribution in [-0.2, 0) is 4.74 Å². The van der Waals surface area contributed by atoms with E-state index in [0.29, 0.717) is 24.5 Å². The Balaban J connectivity index is 1.70. The number of halogens is 1. The number of aliphatic imine (C=N–C) groups is 1. The number of guanidine groups is 1. The summed E-state index contributed by atoms with van der Waals surface area (Å²) in [7, 11) is 0. The molecule has 5 heteroatoms. The van der Waals surface area contributed by atoms with E-state index in [1.54, 1.807) is 0 Å². The second-order valence-electron chi connectivity index (χ2n) is 4.96. The van der Waals surface area contributed by atoms with E-state index >= 15 is 0 Å². The molecular weight excluding hydrogens is 318 g/mol. The van der Waals surface area contributed by atoms with Gasteiger partial charge in [-0.25, -0.2) is 0 Å². The van der Waals surface area contributed by atoms with Crippen LogP contribution < -0.4 is 11.1 Å². The summed E-state index contributed by atoms with van der Waals surface area (Å²) in [5.41, 5.74) is 7.24. The van der Waals surface area contributed by atoms with E-state index in [-0.39, 0.29) is 0 Å². The molecule has 1 saturated carbocycles. The van der Waals surface area contributed by atoms with Crippen LogP contribution in [0.3, 0.4) is 0 Å². The molecule has 2 rings (SSSR count). The summed E-state index contributed by atoms with van der Waals surface area (Å²) in [6.45, 7) is 4.22. The topological polar surface area (TPSA) is 59.6 Å². The average Bonchev–Trinajstić information content (AvgIpc) is 3.18. The molecule has 4 nitrogen and oxygen atoms in total. The lowest BCUT2D eigenvalue weighted by Gasteiger charge is -2.05. The van der Waals surface area contributed by atoms with Crippen LogP contribution in [-0.4, -0.2) is 31.8 Å². The summed E-state index contributed by atoms with van der Waals surface area (Å²) in [6.07, 6.45) is 2.04. The standard InChI is InChI=1S/C15H22BrN3O/c1-2-20-9-3-8-18-15(17)19-14-10-13(14)11-4-6-12(16)7-5-11/h4-7,13-14H,2-3,8-10H2,1H3,(H3,17,18,19). The maximum Gasteiger partial charge on any atom is 0.188 e. The average molecular weight is 340 g/mol. The van der Waals surface area contributed by atoms with Gasteiger partial charge in [-0.2, -0.15) is 0 Å². The third kappa shape index (κ3) is 4.80. The highest BCUT2D eigenvalue weighted by atomic mass is 79.9. The van der Waals surface area contributed by atoms with Crippen molar-refractivity contribution in [2.24, 2.45) is 10.7 Å². The lowest BCUT2D eigenvalue weighted by molar-refractivity contribution is 0.146. The molecule has 1 aliphatic rings. The largest absolute Gasteiger partial charge is 0.382 e. The molecule has 110 valence electrons. The predicted octanol–water partition coefficient (Wildman–Crippen LogP) is 2.64. The third-order valence-corrected chi connectivity index (χ3v) is 3.88. The van der Waals surface area contributed by atoms with Crippen LogP contribution in [0.25, 0.3) is 0 Å². The number of benzene rings is 1. The van der Waals surface area contributed by atoms with Crippen LogP contribution in [0.1, 0.15) is 31.2 Å². The highest BCUT2D eigenvalue weighted by Gasteiger charge is 2.38. The van der Waals surface area contributed by atoms with Crippen LogP contribution >= 0.6 is 15.9 Å². The minimum absolute atomic E-state index is 0.423. The zero-order chi connectivity index (χ0) is 14.4. The fraction of sp³-hybridized carbons (Fsp3) is 0.533. The summed E-state index contributed by atoms with van der Waals surface area (Å²) < 4.78 is 6.37. The molecule has 0 amide bonds. The second-order valence-corrected chi connectivity index (χ2v) is 5.88. The van der Waals surface area contributed by atoms with Gasteiger partial charge in [0, 0.05) is 36.2 Å². The first-order valence-corrected chi connectivity index (χ1v) is 7.89. The minimum Gasteiger partial charge on any atom is -0.382 e. The monoisotopic (exact) mass is 339 g/mol. The molecule has 1 fully saturated rings. The van der Waals surface area contributed by atoms with Gasteiger partial charge in [-0.3, -0.25) is 4.99 Å². The molecule has 0 radical (unpaired) electrons. The van der Waals surface area contributed by atoms with Crippen molar-refractivity contribution in [3.05, 3.63) is 34.3 Å². The highest BCUT2D eigenvalue weighted by molar-refractivity contribution is 9.10. The van der Waals surface area contributed by atoms with Crippen molar-refractivity contribution < 1.29 is 4.74 Å². The maximum atomic E-state index is 5.88. The number of ether oxygens (including phenoxy) is 1. The van der Waals surface area contributed by atoms with E-state index in [2.05, 4.69) is 50.5 Å². The quantitative estimate of drug-likeness (QED) is 0.456. The summed E-state index contributed by atoms with van der Waals surface area (Å²) in [4.78, 5) is 4.31. The molecule has 0 saturated heterocycles. The van der Waals surface area contributed by atoms with Crippen LogP contribution in [0.15, 0.2) is 33.7 Å². The third-order valence-electron chi connectivity index (χ3n) is 3.35. The van der Waals surface area contributed by atoms with Crippen LogP contribution in [0.4, 0.5) is 0 Å². The van der Waals surface area contributed by atoms with Gasteiger partial charge in [0.05, 0.1) is 0 Å². The lowest BCUT2D eigenvalue weighted by Crippen LogP contribution is -2.34. The number of nitrogens with one attached hydrogen (secondary N) is 1. The van der Waals surface area contributed by atoms with Crippen molar-refractivity contribution in [1.29, 1.82) is 0 Å². The van der Waals surface area contributed by atoms with Crippen molar-refractivity contribution in [1.82, 2.24) is 5.32 Å². The van der Waals surface area contributed by atoms with E-state index in [0.717, 1.165) is 30.5 Å². The molecule has 0 aliphatic heterocycles. The minimum atomic E-state index is 0.423. The Hall–Kier alpha value is -1.07. The van der Waals surface area contributed by atoms with Crippen molar-refractivity contribution >= 4 is 21.9 Å². The molecule has 1 aromatic carbocycles. The molecule has 2 atom stereocenters. The Morgan fingerprint density at radius 2 is 2.20 bits per heavy atom. The van der Waals surface area contributed by atoms with Gasteiger partial charge in [0.25, 0.3) is 0 Å². The van der Waals surface area contributed by atoms with E-state index in [9.17, 15) is 0 Å². The van der Waals surface area contributed by atoms with Gasteiger partial charge in [-0.05, 0) is 37.5 Å². The number of hydrogen-bond acceptors (Lipinski definition) is 2. The molecule has 1 aromatic rings.